The molecule has 0 spiro atoms. The van der Waals surface area contributed by atoms with Crippen molar-refractivity contribution in [1.82, 2.24) is 16.0 Å². The molecule has 4 atom stereocenters. The van der Waals surface area contributed by atoms with Gasteiger partial charge in [-0.25, -0.2) is 0 Å². The van der Waals surface area contributed by atoms with Crippen molar-refractivity contribution in [1.29, 1.82) is 0 Å². The predicted octanol–water partition coefficient (Wildman–Crippen LogP) is -0.494. The van der Waals surface area contributed by atoms with Crippen molar-refractivity contribution in [3.63, 3.8) is 0 Å². The number of aliphatic carboxylic acids is 1. The third kappa shape index (κ3) is 9.62. The number of rotatable bonds is 12. The van der Waals surface area contributed by atoms with Crippen molar-refractivity contribution >= 4 is 36.3 Å². The second kappa shape index (κ2) is 12.6. The van der Waals surface area contributed by atoms with E-state index in [9.17, 15) is 19.2 Å². The van der Waals surface area contributed by atoms with Gasteiger partial charge in [0.05, 0.1) is 6.04 Å². The molecule has 9 nitrogen and oxygen atoms in total. The average molecular weight is 405 g/mol. The molecule has 0 bridgehead atoms. The van der Waals surface area contributed by atoms with Gasteiger partial charge in [0.1, 0.15) is 18.6 Å². The van der Waals surface area contributed by atoms with Crippen LogP contribution in [0.15, 0.2) is 0 Å². The first kappa shape index (κ1) is 25.2. The normalized spacial score (nSPS) is 15.4. The van der Waals surface area contributed by atoms with Gasteiger partial charge >= 0.3 is 5.97 Å². The van der Waals surface area contributed by atoms with Crippen LogP contribution in [0.3, 0.4) is 0 Å². The Labute approximate surface area is 165 Å². The first-order valence-electron chi connectivity index (χ1n) is 9.00. The summed E-state index contributed by atoms with van der Waals surface area (Å²) in [7, 11) is 0. The minimum absolute atomic E-state index is 0.0226. The predicted molar refractivity (Wildman–Crippen MR) is 105 cm³/mol. The van der Waals surface area contributed by atoms with E-state index >= 15 is 0 Å². The average Bonchev–Trinajstić information content (AvgIpc) is 2.60. The number of carboxylic acids is 1. The third-order valence-corrected chi connectivity index (χ3v) is 4.45. The summed E-state index contributed by atoms with van der Waals surface area (Å²) in [6, 6.07) is -2.62. The van der Waals surface area contributed by atoms with Gasteiger partial charge in [0.15, 0.2) is 0 Å². The van der Waals surface area contributed by atoms with Gasteiger partial charge < -0.3 is 26.8 Å². The highest BCUT2D eigenvalue weighted by Crippen LogP contribution is 2.10. The Bertz CT molecular complexity index is 529. The van der Waals surface area contributed by atoms with Crippen molar-refractivity contribution in [2.75, 3.05) is 12.3 Å². The number of carbonyl (C=O) groups is 4. The fourth-order valence-electron chi connectivity index (χ4n) is 2.32. The van der Waals surface area contributed by atoms with Crippen LogP contribution >= 0.6 is 12.6 Å². The number of amides is 3. The summed E-state index contributed by atoms with van der Waals surface area (Å²) in [6.45, 7) is 7.01. The van der Waals surface area contributed by atoms with E-state index in [1.807, 2.05) is 20.8 Å². The maximum atomic E-state index is 12.6. The molecule has 0 aromatic carbocycles. The fraction of sp³-hybridized carbons (Fsp3) is 0.765. The Morgan fingerprint density at radius 3 is 2.07 bits per heavy atom. The highest BCUT2D eigenvalue weighted by Gasteiger charge is 2.30. The number of hydrogen-bond donors (Lipinski definition) is 6. The van der Waals surface area contributed by atoms with Gasteiger partial charge in [-0.2, -0.15) is 12.6 Å². The standard InChI is InChI=1S/C17H32N4O5S/c1-5-10(4)14(21-15(24)11(18)6-9(2)3)17(26)20-12(8-27)16(25)19-7-13(22)23/h9-12,14,27H,5-8,18H2,1-4H3,(H,19,25)(H,20,26)(H,21,24)(H,22,23). The number of nitrogens with two attached hydrogens (primary N) is 1. The number of nitrogens with one attached hydrogen (secondary N) is 3. The van der Waals surface area contributed by atoms with E-state index in [1.165, 1.54) is 0 Å². The summed E-state index contributed by atoms with van der Waals surface area (Å²) >= 11 is 4.03. The molecule has 0 aliphatic rings. The molecule has 6 N–H and O–H groups in total. The summed E-state index contributed by atoms with van der Waals surface area (Å²) < 4.78 is 0. The minimum atomic E-state index is -1.20. The zero-order chi connectivity index (χ0) is 21.1. The van der Waals surface area contributed by atoms with E-state index < -0.39 is 48.4 Å². The van der Waals surface area contributed by atoms with Crippen LogP contribution in [0.4, 0.5) is 0 Å². The summed E-state index contributed by atoms with van der Waals surface area (Å²) in [5.41, 5.74) is 5.88. The van der Waals surface area contributed by atoms with Crippen LogP contribution in [-0.4, -0.2) is 59.2 Å². The summed E-state index contributed by atoms with van der Waals surface area (Å²) in [5, 5.41) is 16.0. The van der Waals surface area contributed by atoms with E-state index in [1.54, 1.807) is 6.92 Å². The third-order valence-electron chi connectivity index (χ3n) is 4.08. The van der Waals surface area contributed by atoms with Gasteiger partial charge in [-0.15, -0.1) is 0 Å². The molecule has 0 radical (unpaired) electrons. The van der Waals surface area contributed by atoms with Gasteiger partial charge in [0.2, 0.25) is 17.7 Å². The molecule has 10 heteroatoms. The van der Waals surface area contributed by atoms with E-state index in [0.29, 0.717) is 12.8 Å². The molecule has 4 unspecified atom stereocenters. The zero-order valence-corrected chi connectivity index (χ0v) is 17.2. The van der Waals surface area contributed by atoms with Gasteiger partial charge in [-0.1, -0.05) is 34.1 Å². The molecule has 0 saturated carbocycles. The molecular formula is C17H32N4O5S. The van der Waals surface area contributed by atoms with Crippen LogP contribution < -0.4 is 21.7 Å². The second-order valence-corrected chi connectivity index (χ2v) is 7.33. The minimum Gasteiger partial charge on any atom is -0.480 e. The summed E-state index contributed by atoms with van der Waals surface area (Å²) in [4.78, 5) is 47.5. The Hall–Kier alpha value is -1.81. The Balaban J connectivity index is 5.06. The number of thiol groups is 1. The molecule has 0 saturated heterocycles. The van der Waals surface area contributed by atoms with Crippen molar-refractivity contribution in [2.45, 2.75) is 58.7 Å². The van der Waals surface area contributed by atoms with Crippen LogP contribution in [0.1, 0.15) is 40.5 Å². The molecule has 0 rings (SSSR count). The monoisotopic (exact) mass is 404 g/mol. The fourth-order valence-corrected chi connectivity index (χ4v) is 2.58. The maximum absolute atomic E-state index is 12.6. The zero-order valence-electron chi connectivity index (χ0n) is 16.3. The molecule has 156 valence electrons. The largest absolute Gasteiger partial charge is 0.480 e. The first-order valence-corrected chi connectivity index (χ1v) is 9.63. The Morgan fingerprint density at radius 1 is 1.04 bits per heavy atom. The number of carboxylic acid groups (broad SMARTS) is 1. The van der Waals surface area contributed by atoms with Gasteiger partial charge in [0, 0.05) is 5.75 Å². The summed E-state index contributed by atoms with van der Waals surface area (Å²) in [6.07, 6.45) is 1.10. The highest BCUT2D eigenvalue weighted by molar-refractivity contribution is 7.80. The molecule has 27 heavy (non-hydrogen) atoms. The Kier molecular flexibility index (Phi) is 11.7. The van der Waals surface area contributed by atoms with Crippen molar-refractivity contribution in [3.05, 3.63) is 0 Å². The number of carbonyl (C=O) groups excluding carboxylic acids is 3. The van der Waals surface area contributed by atoms with Gasteiger partial charge in [-0.05, 0) is 18.3 Å². The molecule has 0 heterocycles. The number of hydrogen-bond acceptors (Lipinski definition) is 6. The van der Waals surface area contributed by atoms with Gasteiger partial charge in [-0.3, -0.25) is 19.2 Å². The molecule has 0 aliphatic heterocycles. The lowest BCUT2D eigenvalue weighted by molar-refractivity contribution is -0.138. The molecule has 0 aromatic heterocycles. The van der Waals surface area contributed by atoms with Crippen LogP contribution in [-0.2, 0) is 19.2 Å². The highest BCUT2D eigenvalue weighted by atomic mass is 32.1. The lowest BCUT2D eigenvalue weighted by Gasteiger charge is -2.27. The SMILES string of the molecule is CCC(C)C(NC(=O)C(N)CC(C)C)C(=O)NC(CS)C(=O)NCC(=O)O. The van der Waals surface area contributed by atoms with Crippen molar-refractivity contribution in [3.8, 4) is 0 Å². The quantitative estimate of drug-likeness (QED) is 0.242. The van der Waals surface area contributed by atoms with E-state index in [0.717, 1.165) is 0 Å². The lowest BCUT2D eigenvalue weighted by atomic mass is 9.96. The maximum Gasteiger partial charge on any atom is 0.322 e. The van der Waals surface area contributed by atoms with Crippen LogP contribution in [0, 0.1) is 11.8 Å². The van der Waals surface area contributed by atoms with Crippen LogP contribution in [0.2, 0.25) is 0 Å². The molecule has 0 fully saturated rings. The second-order valence-electron chi connectivity index (χ2n) is 6.96. The van der Waals surface area contributed by atoms with E-state index in [-0.39, 0.29) is 17.6 Å². The molecular weight excluding hydrogens is 372 g/mol. The van der Waals surface area contributed by atoms with E-state index in [4.69, 9.17) is 10.8 Å². The topological polar surface area (TPSA) is 151 Å². The van der Waals surface area contributed by atoms with Crippen LogP contribution in [0.25, 0.3) is 0 Å². The molecule has 0 aliphatic carbocycles. The summed E-state index contributed by atoms with van der Waals surface area (Å²) in [5.74, 6) is -2.81. The van der Waals surface area contributed by atoms with Crippen LogP contribution in [0.5, 0.6) is 0 Å². The Morgan fingerprint density at radius 2 is 1.63 bits per heavy atom. The lowest BCUT2D eigenvalue weighted by Crippen LogP contribution is -2.58. The molecule has 0 aromatic rings. The smallest absolute Gasteiger partial charge is 0.322 e. The van der Waals surface area contributed by atoms with Crippen molar-refractivity contribution < 1.29 is 24.3 Å². The first-order chi connectivity index (χ1) is 12.5. The van der Waals surface area contributed by atoms with Gasteiger partial charge in [0.25, 0.3) is 0 Å². The van der Waals surface area contributed by atoms with Crippen molar-refractivity contribution in [2.24, 2.45) is 17.6 Å². The van der Waals surface area contributed by atoms with E-state index in [2.05, 4.69) is 28.6 Å². The molecule has 3 amide bonds.